The summed E-state index contributed by atoms with van der Waals surface area (Å²) in [6.07, 6.45) is 1.70. The number of hydrogen-bond acceptors (Lipinski definition) is 3. The molecule has 1 aromatic carbocycles. The smallest absolute Gasteiger partial charge is 0.136 e. The lowest BCUT2D eigenvalue weighted by atomic mass is 10.2. The van der Waals surface area contributed by atoms with Crippen LogP contribution in [0.15, 0.2) is 41.0 Å². The molecule has 1 heterocycles. The maximum atomic E-state index is 13.1. The number of hydrogen-bond donors (Lipinski definition) is 1. The zero-order valence-electron chi connectivity index (χ0n) is 9.78. The van der Waals surface area contributed by atoms with Crippen molar-refractivity contribution in [2.75, 3.05) is 12.4 Å². The van der Waals surface area contributed by atoms with Gasteiger partial charge in [0, 0.05) is 19.3 Å². The zero-order chi connectivity index (χ0) is 13.0. The number of benzene rings is 1. The number of nitrogens with zero attached hydrogens (tertiary/aromatic N) is 1. The minimum absolute atomic E-state index is 0.321. The fraction of sp³-hybridized carbons (Fsp3) is 0.154. The molecule has 0 amide bonds. The Kier molecular flexibility index (Phi) is 4.15. The molecular formula is C13H12BrFN2O. The van der Waals surface area contributed by atoms with Gasteiger partial charge in [-0.15, -0.1) is 0 Å². The van der Waals surface area contributed by atoms with Gasteiger partial charge in [-0.05, 0) is 45.8 Å². The van der Waals surface area contributed by atoms with Crippen LogP contribution in [0.1, 0.15) is 5.56 Å². The molecule has 2 rings (SSSR count). The van der Waals surface area contributed by atoms with E-state index in [4.69, 9.17) is 4.74 Å². The molecule has 18 heavy (non-hydrogen) atoms. The average molecular weight is 311 g/mol. The summed E-state index contributed by atoms with van der Waals surface area (Å²) >= 11 is 3.32. The first-order valence-electron chi connectivity index (χ1n) is 5.39. The Morgan fingerprint density at radius 3 is 2.94 bits per heavy atom. The molecule has 0 saturated carbocycles. The van der Waals surface area contributed by atoms with E-state index < -0.39 is 0 Å². The molecule has 0 spiro atoms. The second kappa shape index (κ2) is 5.82. The van der Waals surface area contributed by atoms with Gasteiger partial charge in [-0.2, -0.15) is 0 Å². The molecule has 1 aromatic heterocycles. The number of anilines is 1. The highest BCUT2D eigenvalue weighted by atomic mass is 79.9. The van der Waals surface area contributed by atoms with Crippen molar-refractivity contribution in [3.05, 3.63) is 52.4 Å². The van der Waals surface area contributed by atoms with Gasteiger partial charge in [0.25, 0.3) is 0 Å². The molecule has 5 heteroatoms. The van der Waals surface area contributed by atoms with Crippen molar-refractivity contribution in [2.24, 2.45) is 0 Å². The third-order valence-electron chi connectivity index (χ3n) is 2.37. The average Bonchev–Trinajstić information content (AvgIpc) is 2.40. The van der Waals surface area contributed by atoms with Crippen molar-refractivity contribution < 1.29 is 9.13 Å². The van der Waals surface area contributed by atoms with E-state index in [9.17, 15) is 4.39 Å². The number of ether oxygens (including phenoxy) is 1. The van der Waals surface area contributed by atoms with Crippen LogP contribution >= 0.6 is 15.9 Å². The standard InChI is InChI=1S/C13H12BrFN2O/c1-16-13-6-9(4-5-17-13)8-18-12-7-10(15)2-3-11(12)14/h2-7H,8H2,1H3,(H,16,17). The fourth-order valence-corrected chi connectivity index (χ4v) is 1.81. The molecule has 2 aromatic rings. The highest BCUT2D eigenvalue weighted by Gasteiger charge is 2.04. The third kappa shape index (κ3) is 3.20. The monoisotopic (exact) mass is 310 g/mol. The Balaban J connectivity index is 2.08. The van der Waals surface area contributed by atoms with Gasteiger partial charge in [0.2, 0.25) is 0 Å². The number of halogens is 2. The SMILES string of the molecule is CNc1cc(COc2cc(F)ccc2Br)ccn1. The Hall–Kier alpha value is -1.62. The summed E-state index contributed by atoms with van der Waals surface area (Å²) in [6.45, 7) is 0.360. The van der Waals surface area contributed by atoms with E-state index in [1.54, 1.807) is 19.3 Å². The summed E-state index contributed by atoms with van der Waals surface area (Å²) in [4.78, 5) is 4.11. The van der Waals surface area contributed by atoms with Crippen molar-refractivity contribution in [2.45, 2.75) is 6.61 Å². The maximum Gasteiger partial charge on any atom is 0.136 e. The highest BCUT2D eigenvalue weighted by Crippen LogP contribution is 2.26. The summed E-state index contributed by atoms with van der Waals surface area (Å²) in [6, 6.07) is 8.09. The van der Waals surface area contributed by atoms with E-state index in [2.05, 4.69) is 26.2 Å². The van der Waals surface area contributed by atoms with Gasteiger partial charge in [-0.3, -0.25) is 0 Å². The lowest BCUT2D eigenvalue weighted by Crippen LogP contribution is -1.99. The first kappa shape index (κ1) is 12.8. The topological polar surface area (TPSA) is 34.1 Å². The quantitative estimate of drug-likeness (QED) is 0.937. The number of rotatable bonds is 4. The van der Waals surface area contributed by atoms with Crippen LogP contribution in [0.2, 0.25) is 0 Å². The van der Waals surface area contributed by atoms with Crippen LogP contribution in [-0.2, 0) is 6.61 Å². The normalized spacial score (nSPS) is 10.2. The van der Waals surface area contributed by atoms with Crippen molar-refractivity contribution in [3.63, 3.8) is 0 Å². The molecule has 0 radical (unpaired) electrons. The number of aromatic nitrogens is 1. The molecule has 0 saturated heterocycles. The van der Waals surface area contributed by atoms with Gasteiger partial charge in [-0.1, -0.05) is 0 Å². The first-order chi connectivity index (χ1) is 8.69. The predicted molar refractivity (Wildman–Crippen MR) is 72.2 cm³/mol. The van der Waals surface area contributed by atoms with Crippen molar-refractivity contribution in [1.29, 1.82) is 0 Å². The number of pyridine rings is 1. The molecule has 0 fully saturated rings. The van der Waals surface area contributed by atoms with Crippen LogP contribution in [-0.4, -0.2) is 12.0 Å². The van der Waals surface area contributed by atoms with Crippen molar-refractivity contribution >= 4 is 21.7 Å². The molecule has 3 nitrogen and oxygen atoms in total. The van der Waals surface area contributed by atoms with Crippen molar-refractivity contribution in [1.82, 2.24) is 4.98 Å². The largest absolute Gasteiger partial charge is 0.488 e. The fourth-order valence-electron chi connectivity index (χ4n) is 1.45. The molecular weight excluding hydrogens is 299 g/mol. The predicted octanol–water partition coefficient (Wildman–Crippen LogP) is 3.60. The Bertz CT molecular complexity index is 548. The molecule has 1 N–H and O–H groups in total. The van der Waals surface area contributed by atoms with Crippen molar-refractivity contribution in [3.8, 4) is 5.75 Å². The molecule has 0 bridgehead atoms. The lowest BCUT2D eigenvalue weighted by Gasteiger charge is -2.09. The molecule has 0 aliphatic rings. The van der Waals surface area contributed by atoms with E-state index in [-0.39, 0.29) is 5.82 Å². The molecule has 94 valence electrons. The summed E-state index contributed by atoms with van der Waals surface area (Å²) in [7, 11) is 1.80. The maximum absolute atomic E-state index is 13.1. The van der Waals surface area contributed by atoms with E-state index in [0.29, 0.717) is 12.4 Å². The van der Waals surface area contributed by atoms with Crippen LogP contribution in [0.25, 0.3) is 0 Å². The minimum Gasteiger partial charge on any atom is -0.488 e. The van der Waals surface area contributed by atoms with E-state index in [1.807, 2.05) is 12.1 Å². The molecule has 0 atom stereocenters. The Labute approximate surface area is 113 Å². The van der Waals surface area contributed by atoms with Crippen LogP contribution in [0.3, 0.4) is 0 Å². The van der Waals surface area contributed by atoms with E-state index in [1.165, 1.54) is 12.1 Å². The van der Waals surface area contributed by atoms with Gasteiger partial charge in [0.05, 0.1) is 4.47 Å². The van der Waals surface area contributed by atoms with Gasteiger partial charge in [-0.25, -0.2) is 9.37 Å². The minimum atomic E-state index is -0.321. The molecule has 0 unspecified atom stereocenters. The first-order valence-corrected chi connectivity index (χ1v) is 6.19. The van der Waals surface area contributed by atoms with Gasteiger partial charge in [0.15, 0.2) is 0 Å². The van der Waals surface area contributed by atoms with Crippen LogP contribution in [0.4, 0.5) is 10.2 Å². The number of nitrogens with one attached hydrogen (secondary N) is 1. The molecule has 0 aliphatic carbocycles. The van der Waals surface area contributed by atoms with Crippen LogP contribution in [0, 0.1) is 5.82 Å². The summed E-state index contributed by atoms with van der Waals surface area (Å²) in [5, 5.41) is 2.95. The Morgan fingerprint density at radius 1 is 1.33 bits per heavy atom. The Morgan fingerprint density at radius 2 is 2.17 bits per heavy atom. The van der Waals surface area contributed by atoms with E-state index >= 15 is 0 Å². The summed E-state index contributed by atoms with van der Waals surface area (Å²) in [5.74, 6) is 0.936. The van der Waals surface area contributed by atoms with Gasteiger partial charge < -0.3 is 10.1 Å². The van der Waals surface area contributed by atoms with Gasteiger partial charge in [0.1, 0.15) is 24.0 Å². The lowest BCUT2D eigenvalue weighted by molar-refractivity contribution is 0.302. The zero-order valence-corrected chi connectivity index (χ0v) is 11.4. The van der Waals surface area contributed by atoms with Crippen LogP contribution < -0.4 is 10.1 Å². The summed E-state index contributed by atoms with van der Waals surface area (Å²) in [5.41, 5.74) is 0.963. The third-order valence-corrected chi connectivity index (χ3v) is 3.02. The highest BCUT2D eigenvalue weighted by molar-refractivity contribution is 9.10. The summed E-state index contributed by atoms with van der Waals surface area (Å²) < 4.78 is 19.4. The molecule has 0 aliphatic heterocycles. The second-order valence-corrected chi connectivity index (χ2v) is 4.52. The second-order valence-electron chi connectivity index (χ2n) is 3.66. The van der Waals surface area contributed by atoms with Crippen LogP contribution in [0.5, 0.6) is 5.75 Å². The van der Waals surface area contributed by atoms with Gasteiger partial charge >= 0.3 is 0 Å². The van der Waals surface area contributed by atoms with E-state index in [0.717, 1.165) is 15.9 Å².